The lowest BCUT2D eigenvalue weighted by atomic mass is 9.83. The van der Waals surface area contributed by atoms with Gasteiger partial charge in [0, 0.05) is 19.2 Å². The zero-order valence-electron chi connectivity index (χ0n) is 12.5. The van der Waals surface area contributed by atoms with Gasteiger partial charge in [-0.3, -0.25) is 4.79 Å². The number of carbonyl (C=O) groups is 1. The SMILES string of the molecule is Cc1cc(C(=O)N(C)C2CCCCC2CN)c(F)cc1F. The Morgan fingerprint density at radius 2 is 1.95 bits per heavy atom. The quantitative estimate of drug-likeness (QED) is 0.932. The molecule has 0 bridgehead atoms. The van der Waals surface area contributed by atoms with Crippen LogP contribution in [-0.4, -0.2) is 30.4 Å². The second-order valence-corrected chi connectivity index (χ2v) is 5.84. The van der Waals surface area contributed by atoms with Crippen molar-refractivity contribution in [2.24, 2.45) is 11.7 Å². The fourth-order valence-electron chi connectivity index (χ4n) is 3.13. The van der Waals surface area contributed by atoms with Gasteiger partial charge in [-0.25, -0.2) is 8.78 Å². The Labute approximate surface area is 124 Å². The van der Waals surface area contributed by atoms with Gasteiger partial charge in [0.05, 0.1) is 5.56 Å². The molecule has 0 radical (unpaired) electrons. The van der Waals surface area contributed by atoms with E-state index in [1.165, 1.54) is 13.0 Å². The molecule has 2 unspecified atom stereocenters. The van der Waals surface area contributed by atoms with Crippen LogP contribution >= 0.6 is 0 Å². The second-order valence-electron chi connectivity index (χ2n) is 5.84. The van der Waals surface area contributed by atoms with Crippen molar-refractivity contribution in [3.63, 3.8) is 0 Å². The summed E-state index contributed by atoms with van der Waals surface area (Å²) in [6, 6.07) is 2.09. The van der Waals surface area contributed by atoms with Crippen molar-refractivity contribution < 1.29 is 13.6 Å². The number of amides is 1. The smallest absolute Gasteiger partial charge is 0.256 e. The highest BCUT2D eigenvalue weighted by Crippen LogP contribution is 2.28. The molecule has 1 amide bonds. The number of aryl methyl sites for hydroxylation is 1. The first kappa shape index (κ1) is 15.9. The molecule has 1 aliphatic carbocycles. The molecule has 0 spiro atoms. The Hall–Kier alpha value is -1.49. The van der Waals surface area contributed by atoms with Crippen molar-refractivity contribution in [3.8, 4) is 0 Å². The van der Waals surface area contributed by atoms with Crippen molar-refractivity contribution in [2.45, 2.75) is 38.6 Å². The average Bonchev–Trinajstić information content (AvgIpc) is 2.49. The van der Waals surface area contributed by atoms with Crippen LogP contribution in [0.3, 0.4) is 0 Å². The number of carbonyl (C=O) groups excluding carboxylic acids is 1. The van der Waals surface area contributed by atoms with Gasteiger partial charge < -0.3 is 10.6 Å². The van der Waals surface area contributed by atoms with E-state index in [4.69, 9.17) is 5.73 Å². The van der Waals surface area contributed by atoms with Gasteiger partial charge in [0.1, 0.15) is 11.6 Å². The van der Waals surface area contributed by atoms with Gasteiger partial charge in [-0.15, -0.1) is 0 Å². The summed E-state index contributed by atoms with van der Waals surface area (Å²) in [5.74, 6) is -1.60. The molecule has 2 atom stereocenters. The molecular weight excluding hydrogens is 274 g/mol. The molecule has 2 N–H and O–H groups in total. The van der Waals surface area contributed by atoms with Crippen molar-refractivity contribution >= 4 is 5.91 Å². The Morgan fingerprint density at radius 3 is 2.62 bits per heavy atom. The molecule has 5 heteroatoms. The summed E-state index contributed by atoms with van der Waals surface area (Å²) in [5.41, 5.74) is 5.98. The first-order chi connectivity index (χ1) is 9.95. The number of nitrogens with two attached hydrogens (primary N) is 1. The van der Waals surface area contributed by atoms with E-state index in [0.29, 0.717) is 6.54 Å². The minimum absolute atomic E-state index is 0.0287. The van der Waals surface area contributed by atoms with Crippen molar-refractivity contribution in [3.05, 3.63) is 34.9 Å². The van der Waals surface area contributed by atoms with Crippen molar-refractivity contribution in [1.29, 1.82) is 0 Å². The molecule has 2 rings (SSSR count). The number of hydrogen-bond donors (Lipinski definition) is 1. The minimum atomic E-state index is -0.810. The Bertz CT molecular complexity index is 533. The van der Waals surface area contributed by atoms with Gasteiger partial charge in [-0.1, -0.05) is 12.8 Å². The van der Waals surface area contributed by atoms with Gasteiger partial charge >= 0.3 is 0 Å². The molecule has 1 aliphatic rings. The highest BCUT2D eigenvalue weighted by atomic mass is 19.1. The third-order valence-electron chi connectivity index (χ3n) is 4.47. The number of hydrogen-bond acceptors (Lipinski definition) is 2. The fourth-order valence-corrected chi connectivity index (χ4v) is 3.13. The van der Waals surface area contributed by atoms with Crippen LogP contribution in [0.5, 0.6) is 0 Å². The molecule has 1 fully saturated rings. The largest absolute Gasteiger partial charge is 0.338 e. The summed E-state index contributed by atoms with van der Waals surface area (Å²) < 4.78 is 27.2. The molecule has 0 aromatic heterocycles. The number of rotatable bonds is 3. The van der Waals surface area contributed by atoms with E-state index in [2.05, 4.69) is 0 Å². The van der Waals surface area contributed by atoms with E-state index in [9.17, 15) is 13.6 Å². The second kappa shape index (κ2) is 6.52. The van der Waals surface area contributed by atoms with Gasteiger partial charge in [0.25, 0.3) is 5.91 Å². The molecule has 1 saturated carbocycles. The lowest BCUT2D eigenvalue weighted by Gasteiger charge is -2.37. The van der Waals surface area contributed by atoms with Gasteiger partial charge in [-0.2, -0.15) is 0 Å². The summed E-state index contributed by atoms with van der Waals surface area (Å²) in [7, 11) is 1.68. The van der Waals surface area contributed by atoms with Crippen LogP contribution in [0.2, 0.25) is 0 Å². The molecule has 116 valence electrons. The van der Waals surface area contributed by atoms with Gasteiger partial charge in [-0.05, 0) is 43.9 Å². The van der Waals surface area contributed by atoms with E-state index in [1.54, 1.807) is 11.9 Å². The molecule has 1 aromatic carbocycles. The zero-order valence-corrected chi connectivity index (χ0v) is 12.5. The van der Waals surface area contributed by atoms with E-state index < -0.39 is 17.5 Å². The van der Waals surface area contributed by atoms with Crippen molar-refractivity contribution in [2.75, 3.05) is 13.6 Å². The topological polar surface area (TPSA) is 46.3 Å². The number of halogens is 2. The minimum Gasteiger partial charge on any atom is -0.338 e. The highest BCUT2D eigenvalue weighted by molar-refractivity contribution is 5.94. The number of nitrogens with zero attached hydrogens (tertiary/aromatic N) is 1. The normalized spacial score (nSPS) is 22.1. The molecule has 0 heterocycles. The molecule has 0 saturated heterocycles. The first-order valence-electron chi connectivity index (χ1n) is 7.38. The lowest BCUT2D eigenvalue weighted by Crippen LogP contribution is -2.46. The highest BCUT2D eigenvalue weighted by Gasteiger charge is 2.31. The average molecular weight is 296 g/mol. The third kappa shape index (κ3) is 3.23. The van der Waals surface area contributed by atoms with E-state index in [0.717, 1.165) is 31.7 Å². The molecule has 21 heavy (non-hydrogen) atoms. The fraction of sp³-hybridized carbons (Fsp3) is 0.562. The van der Waals surface area contributed by atoms with Gasteiger partial charge in [0.15, 0.2) is 0 Å². The Balaban J connectivity index is 2.24. The van der Waals surface area contributed by atoms with Crippen LogP contribution in [0.1, 0.15) is 41.6 Å². The molecule has 1 aromatic rings. The van der Waals surface area contributed by atoms with Crippen LogP contribution in [0.15, 0.2) is 12.1 Å². The molecule has 0 aliphatic heterocycles. The first-order valence-corrected chi connectivity index (χ1v) is 7.38. The standard InChI is InChI=1S/C16H22F2N2O/c1-10-7-12(14(18)8-13(10)17)16(21)20(2)15-6-4-3-5-11(15)9-19/h7-8,11,15H,3-6,9,19H2,1-2H3. The van der Waals surface area contributed by atoms with E-state index in [-0.39, 0.29) is 23.1 Å². The lowest BCUT2D eigenvalue weighted by molar-refractivity contribution is 0.0615. The van der Waals surface area contributed by atoms with Crippen LogP contribution in [0.4, 0.5) is 8.78 Å². The summed E-state index contributed by atoms with van der Waals surface area (Å²) in [6.45, 7) is 2.04. The maximum atomic E-state index is 13.9. The summed E-state index contributed by atoms with van der Waals surface area (Å²) >= 11 is 0. The predicted octanol–water partition coefficient (Wildman–Crippen LogP) is 2.86. The van der Waals surface area contributed by atoms with Crippen LogP contribution in [0.25, 0.3) is 0 Å². The van der Waals surface area contributed by atoms with Crippen LogP contribution in [-0.2, 0) is 0 Å². The predicted molar refractivity (Wildman–Crippen MR) is 78.0 cm³/mol. The van der Waals surface area contributed by atoms with Gasteiger partial charge in [0.2, 0.25) is 0 Å². The summed E-state index contributed by atoms with van der Waals surface area (Å²) in [6.07, 6.45) is 4.03. The Morgan fingerprint density at radius 1 is 1.29 bits per heavy atom. The monoisotopic (exact) mass is 296 g/mol. The summed E-state index contributed by atoms with van der Waals surface area (Å²) in [4.78, 5) is 14.1. The summed E-state index contributed by atoms with van der Waals surface area (Å²) in [5, 5.41) is 0. The maximum absolute atomic E-state index is 13.9. The van der Waals surface area contributed by atoms with Crippen LogP contribution in [0, 0.1) is 24.5 Å². The van der Waals surface area contributed by atoms with Crippen molar-refractivity contribution in [1.82, 2.24) is 4.90 Å². The maximum Gasteiger partial charge on any atom is 0.256 e. The molecular formula is C16H22F2N2O. The van der Waals surface area contributed by atoms with E-state index in [1.807, 2.05) is 0 Å². The zero-order chi connectivity index (χ0) is 15.6. The van der Waals surface area contributed by atoms with Crippen LogP contribution < -0.4 is 5.73 Å². The molecule has 3 nitrogen and oxygen atoms in total. The van der Waals surface area contributed by atoms with E-state index >= 15 is 0 Å². The third-order valence-corrected chi connectivity index (χ3v) is 4.47. The Kier molecular flexibility index (Phi) is 4.93. The number of benzene rings is 1.